The molecule has 0 radical (unpaired) electrons. The van der Waals surface area contributed by atoms with E-state index in [4.69, 9.17) is 18.9 Å². The van der Waals surface area contributed by atoms with Gasteiger partial charge >= 0.3 is 0 Å². The minimum atomic E-state index is -1.10. The van der Waals surface area contributed by atoms with Crippen LogP contribution in [0.15, 0.2) is 0 Å². The molecule has 0 bridgehead atoms. The van der Waals surface area contributed by atoms with Gasteiger partial charge in [-0.2, -0.15) is 0 Å². The third-order valence-corrected chi connectivity index (χ3v) is 7.58. The molecule has 8 nitrogen and oxygen atoms in total. The molecule has 4 rings (SSSR count). The highest BCUT2D eigenvalue weighted by molar-refractivity contribution is 4.97. The summed E-state index contributed by atoms with van der Waals surface area (Å²) < 4.78 is 23.6. The molecule has 4 aliphatic rings. The lowest BCUT2D eigenvalue weighted by atomic mass is 9.88. The van der Waals surface area contributed by atoms with Gasteiger partial charge in [0, 0.05) is 18.6 Å². The van der Waals surface area contributed by atoms with E-state index in [0.29, 0.717) is 18.6 Å². The van der Waals surface area contributed by atoms with Crippen LogP contribution in [-0.4, -0.2) is 94.7 Å². The van der Waals surface area contributed by atoms with E-state index in [2.05, 4.69) is 4.90 Å². The standard InChI is InChI=1S/C24H43NO7/c1-24(2)31-22-21(20(19(28)14-26)30-23(22)32-24)29-15-18(27)13-25(16-9-5-3-6-10-16)17-11-7-4-8-12-17/h16-23,26-28H,3-15H2,1-2H3/t18?,19-,20-,21+,22-,23-/m1/s1. The second kappa shape index (κ2) is 11.0. The molecule has 4 fully saturated rings. The van der Waals surface area contributed by atoms with E-state index in [1.165, 1.54) is 64.2 Å². The number of nitrogens with zero attached hydrogens (tertiary/aromatic N) is 1. The van der Waals surface area contributed by atoms with Crippen LogP contribution in [0.25, 0.3) is 0 Å². The predicted molar refractivity (Wildman–Crippen MR) is 118 cm³/mol. The van der Waals surface area contributed by atoms with Crippen molar-refractivity contribution < 1.29 is 34.3 Å². The lowest BCUT2D eigenvalue weighted by Crippen LogP contribution is -2.50. The van der Waals surface area contributed by atoms with E-state index >= 15 is 0 Å². The summed E-state index contributed by atoms with van der Waals surface area (Å²) in [6.07, 6.45) is 8.34. The van der Waals surface area contributed by atoms with Crippen molar-refractivity contribution in [2.24, 2.45) is 0 Å². The van der Waals surface area contributed by atoms with E-state index in [9.17, 15) is 15.3 Å². The van der Waals surface area contributed by atoms with E-state index in [1.807, 2.05) is 13.8 Å². The Labute approximate surface area is 192 Å². The fourth-order valence-corrected chi connectivity index (χ4v) is 6.05. The van der Waals surface area contributed by atoms with Crippen LogP contribution in [0.2, 0.25) is 0 Å². The molecule has 2 saturated heterocycles. The number of hydrogen-bond donors (Lipinski definition) is 3. The van der Waals surface area contributed by atoms with Gasteiger partial charge < -0.3 is 34.3 Å². The number of aliphatic hydroxyl groups excluding tert-OH is 3. The fourth-order valence-electron chi connectivity index (χ4n) is 6.05. The van der Waals surface area contributed by atoms with Crippen molar-refractivity contribution in [1.29, 1.82) is 0 Å². The van der Waals surface area contributed by atoms with Crippen LogP contribution in [-0.2, 0) is 18.9 Å². The molecule has 0 aromatic heterocycles. The summed E-state index contributed by atoms with van der Waals surface area (Å²) in [6, 6.07) is 1.11. The third-order valence-electron chi connectivity index (χ3n) is 7.58. The number of fused-ring (bicyclic) bond motifs is 1. The fraction of sp³-hybridized carbons (Fsp3) is 1.00. The van der Waals surface area contributed by atoms with Crippen LogP contribution in [0.1, 0.15) is 78.1 Å². The number of aliphatic hydroxyl groups is 3. The number of ether oxygens (including phenoxy) is 4. The smallest absolute Gasteiger partial charge is 0.190 e. The van der Waals surface area contributed by atoms with E-state index in [0.717, 1.165) is 0 Å². The van der Waals surface area contributed by atoms with Crippen LogP contribution < -0.4 is 0 Å². The molecule has 0 amide bonds. The first-order valence-electron chi connectivity index (χ1n) is 12.7. The Morgan fingerprint density at radius 2 is 1.53 bits per heavy atom. The zero-order valence-corrected chi connectivity index (χ0v) is 19.7. The van der Waals surface area contributed by atoms with Crippen LogP contribution in [0.4, 0.5) is 0 Å². The quantitative estimate of drug-likeness (QED) is 0.483. The average molecular weight is 458 g/mol. The second-order valence-corrected chi connectivity index (χ2v) is 10.6. The molecule has 2 saturated carbocycles. The molecule has 6 atom stereocenters. The van der Waals surface area contributed by atoms with Gasteiger partial charge in [-0.1, -0.05) is 38.5 Å². The molecule has 186 valence electrons. The summed E-state index contributed by atoms with van der Waals surface area (Å²) in [7, 11) is 0. The van der Waals surface area contributed by atoms with Gasteiger partial charge in [0.1, 0.15) is 24.4 Å². The first kappa shape index (κ1) is 24.8. The molecule has 32 heavy (non-hydrogen) atoms. The van der Waals surface area contributed by atoms with Crippen molar-refractivity contribution in [1.82, 2.24) is 4.90 Å². The van der Waals surface area contributed by atoms with Crippen molar-refractivity contribution in [3.63, 3.8) is 0 Å². The second-order valence-electron chi connectivity index (χ2n) is 10.6. The maximum atomic E-state index is 11.0. The van der Waals surface area contributed by atoms with Crippen molar-refractivity contribution in [3.05, 3.63) is 0 Å². The highest BCUT2D eigenvalue weighted by atomic mass is 16.8. The van der Waals surface area contributed by atoms with Gasteiger partial charge in [-0.3, -0.25) is 4.90 Å². The minimum absolute atomic E-state index is 0.131. The molecule has 2 aliphatic carbocycles. The van der Waals surface area contributed by atoms with Gasteiger partial charge in [0.05, 0.1) is 19.3 Å². The summed E-state index contributed by atoms with van der Waals surface area (Å²) in [4.78, 5) is 2.57. The number of hydrogen-bond acceptors (Lipinski definition) is 8. The van der Waals surface area contributed by atoms with Crippen molar-refractivity contribution >= 4 is 0 Å². The Hall–Kier alpha value is -0.320. The molecule has 0 spiro atoms. The number of rotatable bonds is 9. The maximum absolute atomic E-state index is 11.0. The molecule has 2 heterocycles. The van der Waals surface area contributed by atoms with Crippen LogP contribution >= 0.6 is 0 Å². The highest BCUT2D eigenvalue weighted by Gasteiger charge is 2.57. The molecule has 2 aliphatic heterocycles. The molecular weight excluding hydrogens is 414 g/mol. The van der Waals surface area contributed by atoms with Gasteiger partial charge in [-0.25, -0.2) is 0 Å². The first-order valence-corrected chi connectivity index (χ1v) is 12.7. The summed E-state index contributed by atoms with van der Waals surface area (Å²) in [5.41, 5.74) is 0. The van der Waals surface area contributed by atoms with Crippen molar-refractivity contribution in [2.45, 2.75) is 133 Å². The molecule has 0 aromatic carbocycles. The SMILES string of the molecule is CC1(C)O[C@H]2O[C@H]([C@H](O)CO)[C@H](OCC(O)CN(C3CCCCC3)C3CCCCC3)[C@H]2O1. The van der Waals surface area contributed by atoms with Gasteiger partial charge in [0.2, 0.25) is 0 Å². The molecule has 1 unspecified atom stereocenters. The van der Waals surface area contributed by atoms with Gasteiger partial charge in [-0.15, -0.1) is 0 Å². The average Bonchev–Trinajstić information content (AvgIpc) is 3.28. The lowest BCUT2D eigenvalue weighted by Gasteiger charge is -2.42. The Bertz CT molecular complexity index is 561. The third kappa shape index (κ3) is 5.84. The van der Waals surface area contributed by atoms with E-state index in [1.54, 1.807) is 0 Å². The molecule has 3 N–H and O–H groups in total. The monoisotopic (exact) mass is 457 g/mol. The zero-order chi connectivity index (χ0) is 22.7. The summed E-state index contributed by atoms with van der Waals surface area (Å²) in [5.74, 6) is -0.802. The van der Waals surface area contributed by atoms with Crippen LogP contribution in [0.3, 0.4) is 0 Å². The largest absolute Gasteiger partial charge is 0.394 e. The Morgan fingerprint density at radius 1 is 0.938 bits per heavy atom. The maximum Gasteiger partial charge on any atom is 0.190 e. The van der Waals surface area contributed by atoms with Crippen LogP contribution in [0, 0.1) is 0 Å². The minimum Gasteiger partial charge on any atom is -0.394 e. The first-order chi connectivity index (χ1) is 15.4. The lowest BCUT2D eigenvalue weighted by molar-refractivity contribution is -0.232. The molecular formula is C24H43NO7. The van der Waals surface area contributed by atoms with Crippen LogP contribution in [0.5, 0.6) is 0 Å². The predicted octanol–water partition coefficient (Wildman–Crippen LogP) is 1.93. The van der Waals surface area contributed by atoms with Gasteiger partial charge in [0.25, 0.3) is 0 Å². The summed E-state index contributed by atoms with van der Waals surface area (Å²) in [6.45, 7) is 3.92. The Kier molecular flexibility index (Phi) is 8.48. The van der Waals surface area contributed by atoms with Gasteiger partial charge in [-0.05, 0) is 39.5 Å². The van der Waals surface area contributed by atoms with E-state index < -0.39 is 49.2 Å². The molecule has 0 aromatic rings. The molecule has 8 heteroatoms. The zero-order valence-electron chi connectivity index (χ0n) is 19.7. The Morgan fingerprint density at radius 3 is 2.09 bits per heavy atom. The van der Waals surface area contributed by atoms with Crippen molar-refractivity contribution in [2.75, 3.05) is 19.8 Å². The summed E-state index contributed by atoms with van der Waals surface area (Å²) in [5, 5.41) is 30.6. The van der Waals surface area contributed by atoms with E-state index in [-0.39, 0.29) is 6.61 Å². The van der Waals surface area contributed by atoms with Crippen molar-refractivity contribution in [3.8, 4) is 0 Å². The van der Waals surface area contributed by atoms with Gasteiger partial charge in [0.15, 0.2) is 12.1 Å². The summed E-state index contributed by atoms with van der Waals surface area (Å²) >= 11 is 0. The Balaban J connectivity index is 1.37. The normalized spacial score (nSPS) is 35.8. The topological polar surface area (TPSA) is 101 Å². The highest BCUT2D eigenvalue weighted by Crippen LogP contribution is 2.39.